The van der Waals surface area contributed by atoms with Crippen LogP contribution in [0.15, 0.2) is 85.0 Å². The number of allylic oxidation sites excluding steroid dienone is 5. The van der Waals surface area contributed by atoms with Gasteiger partial charge >= 0.3 is 0 Å². The molecule has 0 fully saturated rings. The van der Waals surface area contributed by atoms with Crippen molar-refractivity contribution in [1.82, 2.24) is 0 Å². The number of hydrogen-bond donors (Lipinski definition) is 0. The van der Waals surface area contributed by atoms with Gasteiger partial charge in [-0.2, -0.15) is 0 Å². The molecule has 0 bridgehead atoms. The van der Waals surface area contributed by atoms with Crippen LogP contribution in [0.5, 0.6) is 0 Å². The van der Waals surface area contributed by atoms with Crippen LogP contribution in [0.25, 0.3) is 0 Å². The maximum absolute atomic E-state index is 3.69. The zero-order valence-corrected chi connectivity index (χ0v) is 15.1. The molecule has 0 aliphatic heterocycles. The van der Waals surface area contributed by atoms with Gasteiger partial charge < -0.3 is 0 Å². The van der Waals surface area contributed by atoms with Gasteiger partial charge in [0.1, 0.15) is 0 Å². The first kappa shape index (κ1) is 19.3. The van der Waals surface area contributed by atoms with Crippen molar-refractivity contribution in [1.29, 1.82) is 0 Å². The van der Waals surface area contributed by atoms with Crippen molar-refractivity contribution in [3.05, 3.63) is 107 Å². The molecule has 122 valence electrons. The highest BCUT2D eigenvalue weighted by atomic mass is 14.0. The Labute approximate surface area is 147 Å². The summed E-state index contributed by atoms with van der Waals surface area (Å²) in [6.45, 7) is 12.0. The van der Waals surface area contributed by atoms with E-state index in [1.54, 1.807) is 6.08 Å². The summed E-state index contributed by atoms with van der Waals surface area (Å²) in [7, 11) is 0. The Balaban J connectivity index is 0.000000341. The Hall–Kier alpha value is -2.78. The molecule has 0 aliphatic carbocycles. The normalized spacial score (nSPS) is 10.4. The minimum absolute atomic E-state index is 0.973. The third-order valence-corrected chi connectivity index (χ3v) is 3.44. The van der Waals surface area contributed by atoms with E-state index in [1.165, 1.54) is 16.7 Å². The first-order chi connectivity index (χ1) is 11.6. The zero-order chi connectivity index (χ0) is 17.8. The van der Waals surface area contributed by atoms with Gasteiger partial charge in [-0.15, -0.1) is 0 Å². The van der Waals surface area contributed by atoms with Crippen LogP contribution in [-0.2, 0) is 0 Å². The molecule has 0 heteroatoms. The third kappa shape index (κ3) is 7.47. The topological polar surface area (TPSA) is 0 Å². The maximum atomic E-state index is 3.69. The van der Waals surface area contributed by atoms with Crippen LogP contribution in [0.3, 0.4) is 0 Å². The number of benzene rings is 2. The Morgan fingerprint density at radius 1 is 0.958 bits per heavy atom. The molecule has 0 aliphatic rings. The van der Waals surface area contributed by atoms with Gasteiger partial charge in [0.25, 0.3) is 0 Å². The van der Waals surface area contributed by atoms with Crippen molar-refractivity contribution < 1.29 is 0 Å². The average Bonchev–Trinajstić information content (AvgIpc) is 2.57. The predicted octanol–water partition coefficient (Wildman–Crippen LogP) is 6.34. The fraction of sp³-hybridized carbons (Fsp3) is 0.167. The predicted molar refractivity (Wildman–Crippen MR) is 107 cm³/mol. The van der Waals surface area contributed by atoms with Crippen molar-refractivity contribution in [2.24, 2.45) is 0 Å². The lowest BCUT2D eigenvalue weighted by molar-refractivity contribution is 1.33. The maximum Gasteiger partial charge on any atom is 0.0251 e. The molecular formula is C24H26. The van der Waals surface area contributed by atoms with Crippen molar-refractivity contribution in [2.75, 3.05) is 0 Å². The second kappa shape index (κ2) is 10.9. The summed E-state index contributed by atoms with van der Waals surface area (Å²) in [6.07, 6.45) is 7.62. The lowest BCUT2D eigenvalue weighted by atomic mass is 10.1. The summed E-state index contributed by atoms with van der Waals surface area (Å²) in [4.78, 5) is 0. The second-order valence-corrected chi connectivity index (χ2v) is 5.56. The molecule has 24 heavy (non-hydrogen) atoms. The van der Waals surface area contributed by atoms with Crippen LogP contribution in [0, 0.1) is 32.6 Å². The molecule has 0 nitrogen and oxygen atoms in total. The lowest BCUT2D eigenvalue weighted by Crippen LogP contribution is -1.82. The highest BCUT2D eigenvalue weighted by molar-refractivity contribution is 5.47. The van der Waals surface area contributed by atoms with Gasteiger partial charge in [-0.3, -0.25) is 0 Å². The summed E-state index contributed by atoms with van der Waals surface area (Å²) in [5, 5.41) is 0. The van der Waals surface area contributed by atoms with Gasteiger partial charge in [-0.05, 0) is 57.0 Å². The molecule has 2 aromatic carbocycles. The van der Waals surface area contributed by atoms with Gasteiger partial charge in [0.05, 0.1) is 0 Å². The number of hydrogen-bond acceptors (Lipinski definition) is 0. The molecule has 0 unspecified atom stereocenters. The smallest absolute Gasteiger partial charge is 0.0251 e. The van der Waals surface area contributed by atoms with E-state index in [4.69, 9.17) is 0 Å². The summed E-state index contributed by atoms with van der Waals surface area (Å²) in [6, 6.07) is 16.5. The van der Waals surface area contributed by atoms with Crippen LogP contribution >= 0.6 is 0 Å². The Morgan fingerprint density at radius 3 is 2.17 bits per heavy atom. The SMILES string of the molecule is C=C/C=C(C#Cc1ccc(C)c(C)c1)\C=C/C.Cc1ccccc1. The molecule has 0 aromatic heterocycles. The van der Waals surface area contributed by atoms with E-state index in [1.807, 2.05) is 43.4 Å². The largest absolute Gasteiger partial charge is 0.0990 e. The van der Waals surface area contributed by atoms with Crippen LogP contribution in [0.1, 0.15) is 29.2 Å². The molecule has 0 saturated carbocycles. The van der Waals surface area contributed by atoms with Crippen LogP contribution in [0.2, 0.25) is 0 Å². The zero-order valence-electron chi connectivity index (χ0n) is 15.1. The van der Waals surface area contributed by atoms with Crippen molar-refractivity contribution >= 4 is 0 Å². The molecule has 0 spiro atoms. The van der Waals surface area contributed by atoms with E-state index in [0.717, 1.165) is 11.1 Å². The summed E-state index contributed by atoms with van der Waals surface area (Å²) < 4.78 is 0. The molecule has 0 amide bonds. The molecule has 0 atom stereocenters. The Morgan fingerprint density at radius 2 is 1.67 bits per heavy atom. The van der Waals surface area contributed by atoms with Gasteiger partial charge in [0.15, 0.2) is 0 Å². The first-order valence-corrected chi connectivity index (χ1v) is 8.13. The molecule has 2 rings (SSSR count). The second-order valence-electron chi connectivity index (χ2n) is 5.56. The molecular weight excluding hydrogens is 288 g/mol. The molecule has 0 heterocycles. The van der Waals surface area contributed by atoms with E-state index in [0.29, 0.717) is 0 Å². The van der Waals surface area contributed by atoms with E-state index in [-0.39, 0.29) is 0 Å². The standard InChI is InChI=1S/C17H18.C7H8/c1-5-7-16(8-6-2)11-12-17-10-9-14(3)15(4)13-17;1-7-5-3-2-4-6-7/h5-10,13H,1H2,2-4H3;2-6H,1H3/b8-6-,16-7+;. The first-order valence-electron chi connectivity index (χ1n) is 8.13. The third-order valence-electron chi connectivity index (χ3n) is 3.44. The lowest BCUT2D eigenvalue weighted by Gasteiger charge is -1.98. The summed E-state index contributed by atoms with van der Waals surface area (Å²) >= 11 is 0. The highest BCUT2D eigenvalue weighted by Crippen LogP contribution is 2.09. The van der Waals surface area contributed by atoms with E-state index in [9.17, 15) is 0 Å². The number of aryl methyl sites for hydroxylation is 3. The van der Waals surface area contributed by atoms with Gasteiger partial charge in [0.2, 0.25) is 0 Å². The number of rotatable bonds is 2. The van der Waals surface area contributed by atoms with E-state index < -0.39 is 0 Å². The van der Waals surface area contributed by atoms with Crippen LogP contribution in [-0.4, -0.2) is 0 Å². The van der Waals surface area contributed by atoms with Gasteiger partial charge in [-0.1, -0.05) is 78.6 Å². The van der Waals surface area contributed by atoms with Crippen LogP contribution < -0.4 is 0 Å². The van der Waals surface area contributed by atoms with Crippen molar-refractivity contribution in [3.8, 4) is 11.8 Å². The fourth-order valence-electron chi connectivity index (χ4n) is 1.94. The molecule has 0 radical (unpaired) electrons. The molecule has 0 saturated heterocycles. The van der Waals surface area contributed by atoms with Gasteiger partial charge in [0, 0.05) is 11.1 Å². The van der Waals surface area contributed by atoms with Crippen molar-refractivity contribution in [2.45, 2.75) is 27.7 Å². The highest BCUT2D eigenvalue weighted by Gasteiger charge is 1.92. The van der Waals surface area contributed by atoms with Gasteiger partial charge in [-0.25, -0.2) is 0 Å². The molecule has 2 aromatic rings. The fourth-order valence-corrected chi connectivity index (χ4v) is 1.94. The Kier molecular flexibility index (Phi) is 8.72. The molecule has 0 N–H and O–H groups in total. The monoisotopic (exact) mass is 314 g/mol. The summed E-state index contributed by atoms with van der Waals surface area (Å²) in [5.74, 6) is 6.30. The van der Waals surface area contributed by atoms with Crippen molar-refractivity contribution in [3.63, 3.8) is 0 Å². The minimum atomic E-state index is 0.973. The minimum Gasteiger partial charge on any atom is -0.0990 e. The summed E-state index contributed by atoms with van der Waals surface area (Å²) in [5.41, 5.74) is 5.92. The van der Waals surface area contributed by atoms with E-state index >= 15 is 0 Å². The quantitative estimate of drug-likeness (QED) is 0.448. The average molecular weight is 314 g/mol. The van der Waals surface area contributed by atoms with Crippen LogP contribution in [0.4, 0.5) is 0 Å². The Bertz CT molecular complexity index is 763. The van der Waals surface area contributed by atoms with E-state index in [2.05, 4.69) is 69.5 Å².